The number of hydrogen-bond acceptors (Lipinski definition) is 5. The molecule has 1 saturated carbocycles. The summed E-state index contributed by atoms with van der Waals surface area (Å²) >= 11 is 0. The maximum absolute atomic E-state index is 10.5. The Hall–Kier alpha value is -0.850. The van der Waals surface area contributed by atoms with Gasteiger partial charge in [-0.3, -0.25) is 0 Å². The molecule has 3 unspecified atom stereocenters. The second-order valence-corrected chi connectivity index (χ2v) is 5.77. The number of carboxylic acid groups (broad SMARTS) is 1. The molecule has 0 bridgehead atoms. The van der Waals surface area contributed by atoms with Crippen LogP contribution in [0, 0.1) is 17.8 Å². The average Bonchev–Trinajstić information content (AvgIpc) is 2.37. The molecular formula is C14H28O6. The summed E-state index contributed by atoms with van der Waals surface area (Å²) in [5.41, 5.74) is 0. The molecule has 0 saturated heterocycles. The number of rotatable bonds is 4. The Morgan fingerprint density at radius 1 is 1.25 bits per heavy atom. The van der Waals surface area contributed by atoms with Crippen molar-refractivity contribution in [2.24, 2.45) is 17.8 Å². The van der Waals surface area contributed by atoms with Crippen LogP contribution in [0.25, 0.3) is 0 Å². The lowest BCUT2D eigenvalue weighted by Gasteiger charge is -2.35. The fraction of sp³-hybridized carbons (Fsp3) is 0.929. The molecule has 0 aromatic heterocycles. The molecule has 120 valence electrons. The zero-order valence-corrected chi connectivity index (χ0v) is 12.5. The van der Waals surface area contributed by atoms with Crippen LogP contribution in [0.2, 0.25) is 0 Å². The molecule has 0 aliphatic heterocycles. The molecule has 1 aliphatic carbocycles. The van der Waals surface area contributed by atoms with Crippen LogP contribution in [0.5, 0.6) is 0 Å². The first-order valence-corrected chi connectivity index (χ1v) is 7.11. The predicted octanol–water partition coefficient (Wildman–Crippen LogP) is 1.47. The van der Waals surface area contributed by atoms with Crippen molar-refractivity contribution in [2.75, 3.05) is 13.2 Å². The van der Waals surface area contributed by atoms with Crippen molar-refractivity contribution >= 4 is 6.16 Å². The molecule has 0 spiro atoms. The summed E-state index contributed by atoms with van der Waals surface area (Å²) in [7, 11) is 0. The minimum Gasteiger partial charge on any atom is -0.450 e. The highest BCUT2D eigenvalue weighted by atomic mass is 16.7. The fourth-order valence-corrected chi connectivity index (χ4v) is 2.44. The molecule has 4 N–H and O–H groups in total. The van der Waals surface area contributed by atoms with Crippen LogP contribution in [-0.4, -0.2) is 52.0 Å². The summed E-state index contributed by atoms with van der Waals surface area (Å²) in [4.78, 5) is 10.5. The summed E-state index contributed by atoms with van der Waals surface area (Å²) < 4.78 is 4.95. The molecule has 6 heteroatoms. The third kappa shape index (κ3) is 7.67. The van der Waals surface area contributed by atoms with Gasteiger partial charge in [0.25, 0.3) is 0 Å². The van der Waals surface area contributed by atoms with E-state index in [-0.39, 0.29) is 19.3 Å². The molecule has 0 heterocycles. The predicted molar refractivity (Wildman–Crippen MR) is 74.4 cm³/mol. The third-order valence-corrected chi connectivity index (χ3v) is 3.64. The van der Waals surface area contributed by atoms with Gasteiger partial charge in [-0.25, -0.2) is 4.79 Å². The van der Waals surface area contributed by atoms with E-state index in [2.05, 4.69) is 20.8 Å². The van der Waals surface area contributed by atoms with Gasteiger partial charge in [-0.15, -0.1) is 0 Å². The summed E-state index contributed by atoms with van der Waals surface area (Å²) in [6.45, 7) is 5.71. The lowest BCUT2D eigenvalue weighted by atomic mass is 9.75. The maximum atomic E-state index is 10.5. The summed E-state index contributed by atoms with van der Waals surface area (Å²) in [5, 5.41) is 32.6. The van der Waals surface area contributed by atoms with Gasteiger partial charge in [0.2, 0.25) is 0 Å². The lowest BCUT2D eigenvalue weighted by Crippen LogP contribution is -2.35. The fourth-order valence-electron chi connectivity index (χ4n) is 2.44. The van der Waals surface area contributed by atoms with Crippen LogP contribution in [0.15, 0.2) is 0 Å². The standard InChI is InChI=1S/C11H20O3.C3H8O3/c1-7(2)9-5-4-8(3)6-10(9)14-11(12)13;4-1-3(6)2-5/h7-10H,4-6H2,1-3H3,(H,12,13);3-6H,1-2H2. The molecule has 20 heavy (non-hydrogen) atoms. The minimum absolute atomic E-state index is 0.0868. The van der Waals surface area contributed by atoms with E-state index in [0.717, 1.165) is 12.8 Å². The minimum atomic E-state index is -1.13. The quantitative estimate of drug-likeness (QED) is 0.585. The van der Waals surface area contributed by atoms with Crippen molar-refractivity contribution < 1.29 is 30.0 Å². The van der Waals surface area contributed by atoms with E-state index in [9.17, 15) is 4.79 Å². The van der Waals surface area contributed by atoms with E-state index in [1.165, 1.54) is 6.42 Å². The molecule has 0 radical (unpaired) electrons. The smallest absolute Gasteiger partial charge is 0.450 e. The second-order valence-electron chi connectivity index (χ2n) is 5.77. The van der Waals surface area contributed by atoms with Crippen LogP contribution in [0.3, 0.4) is 0 Å². The van der Waals surface area contributed by atoms with Gasteiger partial charge in [-0.1, -0.05) is 27.2 Å². The highest BCUT2D eigenvalue weighted by Crippen LogP contribution is 2.35. The monoisotopic (exact) mass is 292 g/mol. The van der Waals surface area contributed by atoms with E-state index in [0.29, 0.717) is 17.8 Å². The Morgan fingerprint density at radius 3 is 2.15 bits per heavy atom. The number of aliphatic hydroxyl groups excluding tert-OH is 3. The topological polar surface area (TPSA) is 107 Å². The van der Waals surface area contributed by atoms with Crippen LogP contribution in [0.1, 0.15) is 40.0 Å². The molecular weight excluding hydrogens is 264 g/mol. The Balaban J connectivity index is 0.000000511. The molecule has 0 amide bonds. The van der Waals surface area contributed by atoms with Crippen molar-refractivity contribution in [3.05, 3.63) is 0 Å². The summed E-state index contributed by atoms with van der Waals surface area (Å²) in [5.74, 6) is 1.50. The zero-order valence-electron chi connectivity index (χ0n) is 12.5. The van der Waals surface area contributed by atoms with Crippen LogP contribution >= 0.6 is 0 Å². The Labute approximate surface area is 120 Å². The molecule has 0 aromatic carbocycles. The highest BCUT2D eigenvalue weighted by Gasteiger charge is 2.33. The first-order valence-electron chi connectivity index (χ1n) is 7.11. The average molecular weight is 292 g/mol. The van der Waals surface area contributed by atoms with Crippen LogP contribution < -0.4 is 0 Å². The molecule has 1 rings (SSSR count). The van der Waals surface area contributed by atoms with Crippen LogP contribution in [0.4, 0.5) is 4.79 Å². The largest absolute Gasteiger partial charge is 0.506 e. The Kier molecular flexibility index (Phi) is 9.54. The molecule has 1 aliphatic rings. The zero-order chi connectivity index (χ0) is 15.7. The van der Waals surface area contributed by atoms with Crippen molar-refractivity contribution in [3.63, 3.8) is 0 Å². The van der Waals surface area contributed by atoms with Gasteiger partial charge in [-0.05, 0) is 30.6 Å². The Morgan fingerprint density at radius 2 is 1.80 bits per heavy atom. The van der Waals surface area contributed by atoms with Gasteiger partial charge in [0.05, 0.1) is 13.2 Å². The van der Waals surface area contributed by atoms with Crippen molar-refractivity contribution in [3.8, 4) is 0 Å². The SMILES string of the molecule is CC1CCC(C(C)C)C(OC(=O)O)C1.OCC(O)CO. The van der Waals surface area contributed by atoms with Crippen molar-refractivity contribution in [1.29, 1.82) is 0 Å². The second kappa shape index (κ2) is 9.96. The van der Waals surface area contributed by atoms with E-state index >= 15 is 0 Å². The van der Waals surface area contributed by atoms with Gasteiger partial charge in [-0.2, -0.15) is 0 Å². The number of carbonyl (C=O) groups is 1. The Bertz CT molecular complexity index is 264. The number of ether oxygens (including phenoxy) is 1. The lowest BCUT2D eigenvalue weighted by molar-refractivity contribution is -0.0175. The first-order chi connectivity index (χ1) is 9.31. The highest BCUT2D eigenvalue weighted by molar-refractivity contribution is 5.57. The van der Waals surface area contributed by atoms with Gasteiger partial charge < -0.3 is 25.2 Å². The number of aliphatic hydroxyl groups is 3. The molecule has 3 atom stereocenters. The third-order valence-electron chi connectivity index (χ3n) is 3.64. The van der Waals surface area contributed by atoms with E-state index in [1.807, 2.05) is 0 Å². The van der Waals surface area contributed by atoms with Gasteiger partial charge in [0, 0.05) is 0 Å². The van der Waals surface area contributed by atoms with Crippen molar-refractivity contribution in [2.45, 2.75) is 52.2 Å². The number of hydrogen-bond donors (Lipinski definition) is 4. The maximum Gasteiger partial charge on any atom is 0.506 e. The van der Waals surface area contributed by atoms with Gasteiger partial charge >= 0.3 is 6.16 Å². The summed E-state index contributed by atoms with van der Waals surface area (Å²) in [6, 6.07) is 0. The molecule has 6 nitrogen and oxygen atoms in total. The summed E-state index contributed by atoms with van der Waals surface area (Å²) in [6.07, 6.45) is 1.00. The van der Waals surface area contributed by atoms with Gasteiger partial charge in [0.15, 0.2) is 0 Å². The normalized spacial score (nSPS) is 26.1. The van der Waals surface area contributed by atoms with Crippen LogP contribution in [-0.2, 0) is 4.74 Å². The molecule has 1 fully saturated rings. The molecule has 0 aromatic rings. The first kappa shape index (κ1) is 19.1. The van der Waals surface area contributed by atoms with Crippen molar-refractivity contribution in [1.82, 2.24) is 0 Å². The van der Waals surface area contributed by atoms with Gasteiger partial charge in [0.1, 0.15) is 12.2 Å². The van der Waals surface area contributed by atoms with E-state index in [1.54, 1.807) is 0 Å². The van der Waals surface area contributed by atoms with E-state index in [4.69, 9.17) is 25.2 Å². The van der Waals surface area contributed by atoms with E-state index < -0.39 is 12.3 Å².